The fourth-order valence-electron chi connectivity index (χ4n) is 3.67. The summed E-state index contributed by atoms with van der Waals surface area (Å²) >= 11 is 0. The zero-order valence-corrected chi connectivity index (χ0v) is 16.6. The van der Waals surface area contributed by atoms with Gasteiger partial charge >= 0.3 is 0 Å². The van der Waals surface area contributed by atoms with Crippen molar-refractivity contribution >= 4 is 0 Å². The zero-order chi connectivity index (χ0) is 19.6. The Hall–Kier alpha value is -2.76. The number of methoxy groups -OCH3 is 1. The second-order valence-electron chi connectivity index (χ2n) is 6.99. The number of aryl methyl sites for hydroxylation is 1. The number of fused-ring (bicyclic) bond motifs is 1. The topological polar surface area (TPSA) is 69.9 Å². The highest BCUT2D eigenvalue weighted by molar-refractivity contribution is 5.37. The van der Waals surface area contributed by atoms with Crippen molar-refractivity contribution in [3.8, 4) is 5.95 Å². The summed E-state index contributed by atoms with van der Waals surface area (Å²) in [4.78, 5) is 21.4. The highest BCUT2D eigenvalue weighted by atomic mass is 16.5. The summed E-state index contributed by atoms with van der Waals surface area (Å²) in [5.74, 6) is 1.61. The predicted octanol–water partition coefficient (Wildman–Crippen LogP) is 3.32. The Morgan fingerprint density at radius 1 is 1.26 bits per heavy atom. The van der Waals surface area contributed by atoms with Gasteiger partial charge in [-0.3, -0.25) is 4.79 Å². The van der Waals surface area contributed by atoms with Gasteiger partial charge in [0.15, 0.2) is 0 Å². The lowest BCUT2D eigenvalue weighted by Gasteiger charge is -2.27. The Morgan fingerprint density at radius 3 is 2.59 bits per heavy atom. The molecule has 1 aliphatic carbocycles. The first-order chi connectivity index (χ1) is 13.0. The van der Waals surface area contributed by atoms with Gasteiger partial charge in [0.2, 0.25) is 0 Å². The molecule has 0 saturated carbocycles. The van der Waals surface area contributed by atoms with Crippen molar-refractivity contribution in [3.63, 3.8) is 0 Å². The average molecular weight is 366 g/mol. The quantitative estimate of drug-likeness (QED) is 0.613. The molecule has 0 spiro atoms. The maximum atomic E-state index is 12.9. The first-order valence-corrected chi connectivity index (χ1v) is 9.23. The monoisotopic (exact) mass is 366 g/mol. The third-order valence-corrected chi connectivity index (χ3v) is 5.35. The molecule has 142 valence electrons. The summed E-state index contributed by atoms with van der Waals surface area (Å²) in [5.41, 5.74) is 5.13. The van der Waals surface area contributed by atoms with E-state index in [1.165, 1.54) is 15.8 Å². The molecule has 6 heteroatoms. The lowest BCUT2D eigenvalue weighted by Crippen LogP contribution is -2.31. The molecule has 1 unspecified atom stereocenters. The zero-order valence-electron chi connectivity index (χ0n) is 16.6. The van der Waals surface area contributed by atoms with Gasteiger partial charge in [0.25, 0.3) is 11.5 Å². The number of nitrogens with zero attached hydrogens (tertiary/aromatic N) is 4. The van der Waals surface area contributed by atoms with E-state index >= 15 is 0 Å². The summed E-state index contributed by atoms with van der Waals surface area (Å²) in [5, 5.41) is 4.33. The summed E-state index contributed by atoms with van der Waals surface area (Å²) in [6.45, 7) is 8.04. The number of aromatic nitrogens is 4. The number of ether oxygens (including phenoxy) is 1. The Kier molecular flexibility index (Phi) is 5.54. The van der Waals surface area contributed by atoms with E-state index in [0.29, 0.717) is 11.9 Å². The van der Waals surface area contributed by atoms with Crippen molar-refractivity contribution in [2.45, 2.75) is 47.0 Å². The van der Waals surface area contributed by atoms with E-state index in [4.69, 9.17) is 4.74 Å². The molecular weight excluding hydrogens is 340 g/mol. The molecule has 0 N–H and O–H groups in total. The van der Waals surface area contributed by atoms with E-state index in [1.807, 2.05) is 13.8 Å². The summed E-state index contributed by atoms with van der Waals surface area (Å²) < 4.78 is 6.71. The van der Waals surface area contributed by atoms with Gasteiger partial charge in [-0.15, -0.1) is 0 Å². The second kappa shape index (κ2) is 7.86. The summed E-state index contributed by atoms with van der Waals surface area (Å²) in [6.07, 6.45) is 9.79. The smallest absolute Gasteiger partial charge is 0.277 e. The van der Waals surface area contributed by atoms with Crippen LogP contribution in [-0.4, -0.2) is 26.9 Å². The van der Waals surface area contributed by atoms with Crippen LogP contribution in [0.15, 0.2) is 46.4 Å². The Bertz CT molecular complexity index is 955. The van der Waals surface area contributed by atoms with Crippen LogP contribution in [0.4, 0.5) is 0 Å². The van der Waals surface area contributed by atoms with Crippen LogP contribution in [0.3, 0.4) is 0 Å². The Morgan fingerprint density at radius 2 is 1.96 bits per heavy atom. The first-order valence-electron chi connectivity index (χ1n) is 9.23. The van der Waals surface area contributed by atoms with Gasteiger partial charge in [0, 0.05) is 18.0 Å². The largest absolute Gasteiger partial charge is 0.501 e. The minimum Gasteiger partial charge on any atom is -0.501 e. The third-order valence-electron chi connectivity index (χ3n) is 5.35. The highest BCUT2D eigenvalue weighted by Crippen LogP contribution is 2.33. The van der Waals surface area contributed by atoms with Gasteiger partial charge in [-0.2, -0.15) is 9.78 Å². The molecule has 0 aliphatic heterocycles. The van der Waals surface area contributed by atoms with Crippen LogP contribution < -0.4 is 5.56 Å². The molecule has 6 nitrogen and oxygen atoms in total. The van der Waals surface area contributed by atoms with Crippen LogP contribution in [0, 0.1) is 12.8 Å². The molecule has 0 aromatic carbocycles. The normalized spacial score (nSPS) is 18.0. The van der Waals surface area contributed by atoms with Crippen molar-refractivity contribution in [2.75, 3.05) is 7.11 Å². The highest BCUT2D eigenvalue weighted by Gasteiger charge is 2.26. The van der Waals surface area contributed by atoms with Gasteiger partial charge in [-0.25, -0.2) is 9.97 Å². The van der Waals surface area contributed by atoms with Gasteiger partial charge in [0.05, 0.1) is 19.1 Å². The number of hydrogen-bond donors (Lipinski definition) is 0. The van der Waals surface area contributed by atoms with Crippen molar-refractivity contribution in [1.82, 2.24) is 19.7 Å². The van der Waals surface area contributed by atoms with Crippen LogP contribution in [0.1, 0.15) is 43.9 Å². The molecule has 3 rings (SSSR count). The summed E-state index contributed by atoms with van der Waals surface area (Å²) in [7, 11) is 1.70. The first kappa shape index (κ1) is 19.0. The molecule has 0 radical (unpaired) electrons. The molecule has 0 bridgehead atoms. The van der Waals surface area contributed by atoms with Gasteiger partial charge in [-0.05, 0) is 75.1 Å². The number of hydrogen-bond acceptors (Lipinski definition) is 5. The third kappa shape index (κ3) is 3.70. The second-order valence-corrected chi connectivity index (χ2v) is 6.99. The Labute approximate surface area is 159 Å². The molecule has 2 aromatic rings. The van der Waals surface area contributed by atoms with E-state index in [2.05, 4.69) is 35.0 Å². The fourth-order valence-corrected chi connectivity index (χ4v) is 3.67. The molecule has 1 atom stereocenters. The van der Waals surface area contributed by atoms with Crippen molar-refractivity contribution < 1.29 is 4.74 Å². The molecule has 2 heterocycles. The SMILES string of the molecule is C/C=C(\C(C)=C(/C)OC)C1CCc2c(cnn(-c3ncc(C)cn3)c2=O)C1. The average Bonchev–Trinajstić information content (AvgIpc) is 2.69. The maximum Gasteiger partial charge on any atom is 0.277 e. The summed E-state index contributed by atoms with van der Waals surface area (Å²) in [6, 6.07) is 0. The molecular formula is C21H26N4O2. The van der Waals surface area contributed by atoms with E-state index in [1.54, 1.807) is 25.7 Å². The van der Waals surface area contributed by atoms with Crippen LogP contribution in [0.2, 0.25) is 0 Å². The minimum absolute atomic E-state index is 0.114. The molecule has 1 aliphatic rings. The van der Waals surface area contributed by atoms with Crippen molar-refractivity contribution in [3.05, 3.63) is 68.6 Å². The van der Waals surface area contributed by atoms with Gasteiger partial charge in [0.1, 0.15) is 0 Å². The minimum atomic E-state index is -0.114. The number of rotatable bonds is 4. The van der Waals surface area contributed by atoms with Crippen LogP contribution in [-0.2, 0) is 17.6 Å². The van der Waals surface area contributed by atoms with E-state index in [0.717, 1.165) is 41.7 Å². The number of allylic oxidation sites excluding steroid dienone is 4. The van der Waals surface area contributed by atoms with Crippen LogP contribution in [0.25, 0.3) is 5.95 Å². The fraction of sp³-hybridized carbons (Fsp3) is 0.429. The Balaban J connectivity index is 1.93. The molecule has 0 fully saturated rings. The van der Waals surface area contributed by atoms with E-state index in [-0.39, 0.29) is 5.56 Å². The van der Waals surface area contributed by atoms with Crippen LogP contribution in [0.5, 0.6) is 0 Å². The van der Waals surface area contributed by atoms with Gasteiger partial charge in [-0.1, -0.05) is 6.08 Å². The van der Waals surface area contributed by atoms with Crippen LogP contribution >= 0.6 is 0 Å². The lowest BCUT2D eigenvalue weighted by atomic mass is 9.78. The van der Waals surface area contributed by atoms with Gasteiger partial charge < -0.3 is 4.74 Å². The van der Waals surface area contributed by atoms with Crippen molar-refractivity contribution in [2.24, 2.45) is 5.92 Å². The predicted molar refractivity (Wildman–Crippen MR) is 105 cm³/mol. The van der Waals surface area contributed by atoms with E-state index in [9.17, 15) is 4.79 Å². The lowest BCUT2D eigenvalue weighted by molar-refractivity contribution is 0.288. The maximum absolute atomic E-state index is 12.9. The molecule has 0 amide bonds. The van der Waals surface area contributed by atoms with E-state index < -0.39 is 0 Å². The molecule has 0 saturated heterocycles. The standard InChI is InChI=1S/C21H26N4O2/c1-6-18(14(3)15(4)27-5)16-7-8-19-17(9-16)12-24-25(20(19)26)21-22-10-13(2)11-23-21/h6,10-12,16H,7-9H2,1-5H3/b15-14+,18-6+. The van der Waals surface area contributed by atoms with Crippen molar-refractivity contribution in [1.29, 1.82) is 0 Å². The molecule has 2 aromatic heterocycles. The molecule has 27 heavy (non-hydrogen) atoms.